The molecule has 1 N–H and O–H groups in total. The van der Waals surface area contributed by atoms with E-state index in [2.05, 4.69) is 5.32 Å². The summed E-state index contributed by atoms with van der Waals surface area (Å²) in [6, 6.07) is 9.94. The van der Waals surface area contributed by atoms with Crippen LogP contribution in [0.1, 0.15) is 55.5 Å². The van der Waals surface area contributed by atoms with Crippen LogP contribution in [0.25, 0.3) is 10.9 Å². The number of ether oxygens (including phenoxy) is 2. The molecule has 3 aromatic rings. The molecule has 1 atom stereocenters. The maximum atomic E-state index is 13.7. The van der Waals surface area contributed by atoms with E-state index in [-0.39, 0.29) is 36.3 Å². The fourth-order valence-corrected chi connectivity index (χ4v) is 4.77. The lowest BCUT2D eigenvalue weighted by molar-refractivity contribution is -0.132. The number of likely N-dealkylation sites (tertiary alicyclic amines) is 1. The Bertz CT molecular complexity index is 1470. The van der Waals surface area contributed by atoms with Crippen molar-refractivity contribution in [2.45, 2.75) is 58.7 Å². The Labute approximate surface area is 227 Å². The molecule has 0 bridgehead atoms. The van der Waals surface area contributed by atoms with E-state index in [1.54, 1.807) is 35.2 Å². The summed E-state index contributed by atoms with van der Waals surface area (Å²) in [4.78, 5) is 54.7. The first kappa shape index (κ1) is 27.9. The molecule has 0 aliphatic carbocycles. The molecule has 1 aliphatic rings. The van der Waals surface area contributed by atoms with Gasteiger partial charge in [0.1, 0.15) is 6.54 Å². The van der Waals surface area contributed by atoms with E-state index >= 15 is 0 Å². The maximum Gasteiger partial charge on any atom is 0.332 e. The van der Waals surface area contributed by atoms with E-state index in [0.717, 1.165) is 30.3 Å². The summed E-state index contributed by atoms with van der Waals surface area (Å²) in [7, 11) is 2.94. The maximum absolute atomic E-state index is 13.7. The number of carbonyl (C=O) groups excluding carboxylic acids is 2. The average Bonchev–Trinajstić information content (AvgIpc) is 2.97. The Hall–Kier alpha value is -4.08. The molecule has 0 unspecified atom stereocenters. The fraction of sp³-hybridized carbons (Fsp3) is 0.448. The second kappa shape index (κ2) is 12.2. The van der Waals surface area contributed by atoms with Gasteiger partial charge in [-0.2, -0.15) is 0 Å². The lowest BCUT2D eigenvalue weighted by atomic mass is 10.1. The molecule has 4 rings (SSSR count). The first-order valence-electron chi connectivity index (χ1n) is 13.3. The first-order chi connectivity index (χ1) is 18.8. The van der Waals surface area contributed by atoms with Gasteiger partial charge in [-0.15, -0.1) is 0 Å². The van der Waals surface area contributed by atoms with Crippen LogP contribution in [-0.4, -0.2) is 59.2 Å². The van der Waals surface area contributed by atoms with Crippen LogP contribution in [0.15, 0.2) is 46.0 Å². The van der Waals surface area contributed by atoms with Gasteiger partial charge in [-0.3, -0.25) is 23.5 Å². The van der Waals surface area contributed by atoms with E-state index < -0.39 is 11.2 Å². The zero-order chi connectivity index (χ0) is 28.1. The Kier molecular flexibility index (Phi) is 8.73. The third-order valence-electron chi connectivity index (χ3n) is 7.28. The highest BCUT2D eigenvalue weighted by atomic mass is 16.5. The number of fused-ring (bicyclic) bond motifs is 1. The molecule has 2 amide bonds. The monoisotopic (exact) mass is 536 g/mol. The van der Waals surface area contributed by atoms with Crippen molar-refractivity contribution in [1.29, 1.82) is 0 Å². The van der Waals surface area contributed by atoms with E-state index in [1.807, 2.05) is 13.8 Å². The van der Waals surface area contributed by atoms with Gasteiger partial charge in [-0.25, -0.2) is 4.79 Å². The summed E-state index contributed by atoms with van der Waals surface area (Å²) in [5.41, 5.74) is 0.371. The topological polar surface area (TPSA) is 112 Å². The van der Waals surface area contributed by atoms with Crippen LogP contribution >= 0.6 is 0 Å². The number of nitrogens with one attached hydrogen (secondary N) is 1. The number of methoxy groups -OCH3 is 2. The van der Waals surface area contributed by atoms with E-state index in [0.29, 0.717) is 41.2 Å². The molecule has 10 nitrogen and oxygen atoms in total. The summed E-state index contributed by atoms with van der Waals surface area (Å²) in [6.07, 6.45) is 3.75. The fourth-order valence-electron chi connectivity index (χ4n) is 4.77. The summed E-state index contributed by atoms with van der Waals surface area (Å²) >= 11 is 0. The van der Waals surface area contributed by atoms with Crippen LogP contribution in [0, 0.1) is 0 Å². The second-order valence-corrected chi connectivity index (χ2v) is 9.91. The molecule has 1 fully saturated rings. The van der Waals surface area contributed by atoms with Crippen LogP contribution in [0.4, 0.5) is 0 Å². The molecular formula is C29H36N4O6. The number of carbonyl (C=O) groups is 2. The molecule has 0 radical (unpaired) electrons. The van der Waals surface area contributed by atoms with Crippen molar-refractivity contribution in [3.8, 4) is 11.5 Å². The predicted molar refractivity (Wildman–Crippen MR) is 149 cm³/mol. The van der Waals surface area contributed by atoms with Crippen LogP contribution in [0.3, 0.4) is 0 Å². The Morgan fingerprint density at radius 3 is 2.21 bits per heavy atom. The SMILES string of the molecule is CC[C@@H](C)NC(=O)c1ccc(Cn2c(=O)c3cc(OC)c(OC)cc3n(CC(=O)N3CCCCC3)c2=O)cc1. The van der Waals surface area contributed by atoms with Gasteiger partial charge in [-0.1, -0.05) is 19.1 Å². The molecule has 1 aromatic heterocycles. The summed E-state index contributed by atoms with van der Waals surface area (Å²) in [6.45, 7) is 5.02. The minimum atomic E-state index is -0.594. The van der Waals surface area contributed by atoms with Crippen molar-refractivity contribution in [3.63, 3.8) is 0 Å². The van der Waals surface area contributed by atoms with Crippen LogP contribution in [0.2, 0.25) is 0 Å². The minimum absolute atomic E-state index is 0.0207. The van der Waals surface area contributed by atoms with E-state index in [4.69, 9.17) is 9.47 Å². The second-order valence-electron chi connectivity index (χ2n) is 9.91. The number of hydrogen-bond acceptors (Lipinski definition) is 6. The number of rotatable bonds is 9. The number of benzene rings is 2. The Morgan fingerprint density at radius 2 is 1.59 bits per heavy atom. The summed E-state index contributed by atoms with van der Waals surface area (Å²) in [5.74, 6) is 0.345. The quantitative estimate of drug-likeness (QED) is 0.450. The summed E-state index contributed by atoms with van der Waals surface area (Å²) < 4.78 is 13.3. The minimum Gasteiger partial charge on any atom is -0.493 e. The first-order valence-corrected chi connectivity index (χ1v) is 13.3. The lowest BCUT2D eigenvalue weighted by Gasteiger charge is -2.27. The van der Waals surface area contributed by atoms with Crippen molar-refractivity contribution < 1.29 is 19.1 Å². The number of nitrogens with zero attached hydrogens (tertiary/aromatic N) is 3. The number of hydrogen-bond donors (Lipinski definition) is 1. The lowest BCUT2D eigenvalue weighted by Crippen LogP contribution is -2.44. The van der Waals surface area contributed by atoms with Gasteiger partial charge in [-0.05, 0) is 56.4 Å². The van der Waals surface area contributed by atoms with Gasteiger partial charge in [0, 0.05) is 30.8 Å². The molecule has 10 heteroatoms. The average molecular weight is 537 g/mol. The van der Waals surface area contributed by atoms with Gasteiger partial charge in [0.25, 0.3) is 11.5 Å². The van der Waals surface area contributed by atoms with Crippen molar-refractivity contribution in [1.82, 2.24) is 19.4 Å². The Balaban J connectivity index is 1.76. The third kappa shape index (κ3) is 6.00. The van der Waals surface area contributed by atoms with Gasteiger partial charge >= 0.3 is 5.69 Å². The highest BCUT2D eigenvalue weighted by Gasteiger charge is 2.22. The third-order valence-corrected chi connectivity index (χ3v) is 7.28. The van der Waals surface area contributed by atoms with E-state index in [9.17, 15) is 19.2 Å². The standard InChI is InChI=1S/C29H36N4O6/c1-5-19(2)30-27(35)21-11-9-20(10-12-21)17-33-28(36)22-15-24(38-3)25(39-4)16-23(22)32(29(33)37)18-26(34)31-13-7-6-8-14-31/h9-12,15-16,19H,5-8,13-14,17-18H2,1-4H3,(H,30,35)/t19-/m1/s1. The van der Waals surface area contributed by atoms with Crippen molar-refractivity contribution in [3.05, 3.63) is 68.4 Å². The molecule has 39 heavy (non-hydrogen) atoms. The van der Waals surface area contributed by atoms with Crippen LogP contribution in [-0.2, 0) is 17.9 Å². The van der Waals surface area contributed by atoms with Gasteiger partial charge in [0.05, 0.1) is 31.7 Å². The molecular weight excluding hydrogens is 500 g/mol. The molecule has 208 valence electrons. The molecule has 2 heterocycles. The normalized spacial score (nSPS) is 14.2. The predicted octanol–water partition coefficient (Wildman–Crippen LogP) is 2.77. The van der Waals surface area contributed by atoms with Crippen molar-refractivity contribution >= 4 is 22.7 Å². The van der Waals surface area contributed by atoms with Crippen molar-refractivity contribution in [2.24, 2.45) is 0 Å². The highest BCUT2D eigenvalue weighted by Crippen LogP contribution is 2.30. The van der Waals surface area contributed by atoms with Crippen LogP contribution in [0.5, 0.6) is 11.5 Å². The van der Waals surface area contributed by atoms with Gasteiger partial charge < -0.3 is 19.7 Å². The molecule has 1 aliphatic heterocycles. The van der Waals surface area contributed by atoms with Crippen LogP contribution < -0.4 is 26.0 Å². The molecule has 0 spiro atoms. The van der Waals surface area contributed by atoms with Gasteiger partial charge in [0.15, 0.2) is 11.5 Å². The molecule has 1 saturated heterocycles. The Morgan fingerprint density at radius 1 is 0.949 bits per heavy atom. The van der Waals surface area contributed by atoms with Gasteiger partial charge in [0.2, 0.25) is 5.91 Å². The zero-order valence-electron chi connectivity index (χ0n) is 23.0. The number of piperidine rings is 1. The smallest absolute Gasteiger partial charge is 0.332 e. The van der Waals surface area contributed by atoms with E-state index in [1.165, 1.54) is 24.9 Å². The number of amides is 2. The molecule has 2 aromatic carbocycles. The van der Waals surface area contributed by atoms with Crippen molar-refractivity contribution in [2.75, 3.05) is 27.3 Å². The molecule has 0 saturated carbocycles. The number of aromatic nitrogens is 2. The zero-order valence-corrected chi connectivity index (χ0v) is 23.0. The summed E-state index contributed by atoms with van der Waals surface area (Å²) in [5, 5.41) is 3.16. The largest absolute Gasteiger partial charge is 0.493 e. The highest BCUT2D eigenvalue weighted by molar-refractivity contribution is 5.94.